The van der Waals surface area contributed by atoms with Crippen LogP contribution in [0.4, 0.5) is 0 Å². The van der Waals surface area contributed by atoms with E-state index in [9.17, 15) is 0 Å². The summed E-state index contributed by atoms with van der Waals surface area (Å²) in [5, 5.41) is 0. The second kappa shape index (κ2) is 16.2. The fraction of sp³-hybridized carbons (Fsp3) is 0.880. The largest absolute Gasteiger partial charge is 0.257 e. The van der Waals surface area contributed by atoms with E-state index in [4.69, 9.17) is 0 Å². The van der Waals surface area contributed by atoms with Crippen molar-refractivity contribution in [3.05, 3.63) is 18.2 Å². The summed E-state index contributed by atoms with van der Waals surface area (Å²) in [6, 6.07) is 0.625. The van der Waals surface area contributed by atoms with Gasteiger partial charge >= 0.3 is 0 Å². The zero-order valence-electron chi connectivity index (χ0n) is 19.1. The molecule has 1 aromatic rings. The Hall–Kier alpha value is -0.790. The lowest BCUT2D eigenvalue weighted by atomic mass is 9.97. The van der Waals surface area contributed by atoms with Crippen LogP contribution in [0, 0.1) is 0 Å². The van der Waals surface area contributed by atoms with E-state index in [-0.39, 0.29) is 0 Å². The minimum absolute atomic E-state index is 0.625. The van der Waals surface area contributed by atoms with E-state index in [1.165, 1.54) is 109 Å². The van der Waals surface area contributed by atoms with Crippen LogP contribution in [0.1, 0.15) is 148 Å². The number of nitrogens with zero attached hydrogens (tertiary/aromatic N) is 1. The molecule has 1 aromatic heterocycles. The minimum atomic E-state index is 0.625. The van der Waals surface area contributed by atoms with Gasteiger partial charge < -0.3 is 0 Å². The molecular weight excluding hydrogens is 328 g/mol. The highest BCUT2D eigenvalue weighted by atomic mass is 15.1. The maximum absolute atomic E-state index is 3.57. The van der Waals surface area contributed by atoms with Gasteiger partial charge in [-0.2, -0.15) is 0 Å². The van der Waals surface area contributed by atoms with E-state index in [1.807, 2.05) is 0 Å². The van der Waals surface area contributed by atoms with Crippen LogP contribution < -0.4 is 4.57 Å². The molecule has 1 heterocycles. The summed E-state index contributed by atoms with van der Waals surface area (Å²) in [7, 11) is 0. The highest BCUT2D eigenvalue weighted by Crippen LogP contribution is 2.23. The number of aromatic nitrogens is 2. The third-order valence-corrected chi connectivity index (χ3v) is 6.23. The molecule has 0 spiro atoms. The Balaban J connectivity index is 2.23. The number of rotatable bonds is 18. The SMILES string of the molecule is CCCCCCCCCCCCC(C)[n+]1cc[nH]c1C(CC)CCCCC. The van der Waals surface area contributed by atoms with Gasteiger partial charge in [-0.1, -0.05) is 97.8 Å². The van der Waals surface area contributed by atoms with Crippen molar-refractivity contribution in [3.8, 4) is 0 Å². The Morgan fingerprint density at radius 3 is 1.85 bits per heavy atom. The standard InChI is InChI=1S/C25H48N2/c1-5-8-10-11-12-13-14-15-16-18-19-23(4)27-22-21-26-25(27)24(7-3)20-17-9-6-2/h21-24H,5-20H2,1-4H3/p+1. The number of aromatic amines is 1. The van der Waals surface area contributed by atoms with E-state index in [0.717, 1.165) is 0 Å². The summed E-state index contributed by atoms with van der Waals surface area (Å²) in [6.45, 7) is 9.34. The van der Waals surface area contributed by atoms with Gasteiger partial charge in [0.05, 0.1) is 12.0 Å². The van der Waals surface area contributed by atoms with E-state index in [1.54, 1.807) is 0 Å². The zero-order chi connectivity index (χ0) is 19.7. The smallest absolute Gasteiger partial charge is 0.247 e. The minimum Gasteiger partial charge on any atom is -0.247 e. The van der Waals surface area contributed by atoms with Crippen LogP contribution in [0.3, 0.4) is 0 Å². The molecular formula is C25H49N2+. The molecule has 0 saturated carbocycles. The van der Waals surface area contributed by atoms with Crippen molar-refractivity contribution in [3.63, 3.8) is 0 Å². The van der Waals surface area contributed by atoms with Crippen molar-refractivity contribution in [2.45, 2.75) is 142 Å². The normalized spacial score (nSPS) is 13.8. The number of hydrogen-bond donors (Lipinski definition) is 1. The molecule has 0 aliphatic rings. The van der Waals surface area contributed by atoms with Crippen molar-refractivity contribution in [2.24, 2.45) is 0 Å². The van der Waals surface area contributed by atoms with Crippen LogP contribution in [0.25, 0.3) is 0 Å². The highest BCUT2D eigenvalue weighted by Gasteiger charge is 2.24. The molecule has 158 valence electrons. The van der Waals surface area contributed by atoms with Gasteiger partial charge in [0.2, 0.25) is 0 Å². The maximum Gasteiger partial charge on any atom is 0.257 e. The van der Waals surface area contributed by atoms with Crippen LogP contribution >= 0.6 is 0 Å². The van der Waals surface area contributed by atoms with Crippen molar-refractivity contribution in [1.82, 2.24) is 4.98 Å². The van der Waals surface area contributed by atoms with Crippen LogP contribution in [-0.4, -0.2) is 4.98 Å². The lowest BCUT2D eigenvalue weighted by Gasteiger charge is -2.15. The number of unbranched alkanes of at least 4 members (excludes halogenated alkanes) is 11. The number of H-pyrrole nitrogens is 1. The van der Waals surface area contributed by atoms with Crippen LogP contribution in [-0.2, 0) is 0 Å². The van der Waals surface area contributed by atoms with Gasteiger partial charge in [-0.25, -0.2) is 9.55 Å². The third kappa shape index (κ3) is 10.4. The Morgan fingerprint density at radius 1 is 0.741 bits per heavy atom. The van der Waals surface area contributed by atoms with Gasteiger partial charge in [0, 0.05) is 0 Å². The van der Waals surface area contributed by atoms with Crippen molar-refractivity contribution >= 4 is 0 Å². The molecule has 0 saturated heterocycles. The summed E-state index contributed by atoms with van der Waals surface area (Å²) in [4.78, 5) is 3.57. The fourth-order valence-electron chi connectivity index (χ4n) is 4.31. The molecule has 2 heteroatoms. The number of nitrogens with one attached hydrogen (secondary N) is 1. The Kier molecular flexibility index (Phi) is 14.5. The zero-order valence-corrected chi connectivity index (χ0v) is 19.1. The molecule has 1 N–H and O–H groups in total. The molecule has 27 heavy (non-hydrogen) atoms. The van der Waals surface area contributed by atoms with E-state index >= 15 is 0 Å². The summed E-state index contributed by atoms with van der Waals surface area (Å²) in [5.74, 6) is 2.16. The van der Waals surface area contributed by atoms with Crippen LogP contribution in [0.2, 0.25) is 0 Å². The summed E-state index contributed by atoms with van der Waals surface area (Å²) in [6.07, 6.45) is 26.6. The van der Waals surface area contributed by atoms with Crippen LogP contribution in [0.15, 0.2) is 12.4 Å². The van der Waals surface area contributed by atoms with Crippen molar-refractivity contribution in [1.29, 1.82) is 0 Å². The molecule has 0 amide bonds. The molecule has 1 rings (SSSR count). The monoisotopic (exact) mass is 377 g/mol. The van der Waals surface area contributed by atoms with Crippen molar-refractivity contribution in [2.75, 3.05) is 0 Å². The average Bonchev–Trinajstić information content (AvgIpc) is 3.16. The number of imidazole rings is 1. The quantitative estimate of drug-likeness (QED) is 0.196. The molecule has 0 aromatic carbocycles. The Morgan fingerprint density at radius 2 is 1.26 bits per heavy atom. The first-order chi connectivity index (χ1) is 13.2. The van der Waals surface area contributed by atoms with Gasteiger partial charge in [0.15, 0.2) is 0 Å². The molecule has 0 bridgehead atoms. The van der Waals surface area contributed by atoms with Gasteiger partial charge in [0.1, 0.15) is 12.4 Å². The highest BCUT2D eigenvalue weighted by molar-refractivity contribution is 4.89. The Labute approximate surface area is 170 Å². The van der Waals surface area contributed by atoms with Gasteiger partial charge in [0.25, 0.3) is 5.82 Å². The molecule has 0 aliphatic carbocycles. The second-order valence-corrected chi connectivity index (χ2v) is 8.67. The first-order valence-electron chi connectivity index (χ1n) is 12.3. The van der Waals surface area contributed by atoms with Crippen molar-refractivity contribution < 1.29 is 4.57 Å². The first-order valence-corrected chi connectivity index (χ1v) is 12.3. The third-order valence-electron chi connectivity index (χ3n) is 6.23. The molecule has 0 radical (unpaired) electrons. The molecule has 2 nitrogen and oxygen atoms in total. The molecule has 0 aliphatic heterocycles. The maximum atomic E-state index is 3.57. The van der Waals surface area contributed by atoms with Gasteiger partial charge in [-0.3, -0.25) is 0 Å². The predicted molar refractivity (Wildman–Crippen MR) is 119 cm³/mol. The van der Waals surface area contributed by atoms with Crippen LogP contribution in [0.5, 0.6) is 0 Å². The number of hydrogen-bond acceptors (Lipinski definition) is 0. The second-order valence-electron chi connectivity index (χ2n) is 8.67. The van der Waals surface area contributed by atoms with E-state index < -0.39 is 0 Å². The summed E-state index contributed by atoms with van der Waals surface area (Å²) >= 11 is 0. The predicted octanol–water partition coefficient (Wildman–Crippen LogP) is 8.25. The van der Waals surface area contributed by atoms with Gasteiger partial charge in [-0.15, -0.1) is 0 Å². The summed E-state index contributed by atoms with van der Waals surface area (Å²) < 4.78 is 2.54. The Bertz CT molecular complexity index is 437. The summed E-state index contributed by atoms with van der Waals surface area (Å²) in [5.41, 5.74) is 0. The first kappa shape index (κ1) is 24.2. The molecule has 2 unspecified atom stereocenters. The molecule has 0 fully saturated rings. The average molecular weight is 378 g/mol. The lowest BCUT2D eigenvalue weighted by molar-refractivity contribution is -0.727. The molecule has 2 atom stereocenters. The topological polar surface area (TPSA) is 19.7 Å². The van der Waals surface area contributed by atoms with E-state index in [2.05, 4.69) is 49.6 Å². The lowest BCUT2D eigenvalue weighted by Crippen LogP contribution is -2.41. The van der Waals surface area contributed by atoms with Gasteiger partial charge in [-0.05, 0) is 32.6 Å². The fourth-order valence-corrected chi connectivity index (χ4v) is 4.31. The van der Waals surface area contributed by atoms with E-state index in [0.29, 0.717) is 12.0 Å².